The van der Waals surface area contributed by atoms with Gasteiger partial charge in [-0.2, -0.15) is 0 Å². The lowest BCUT2D eigenvalue weighted by Crippen LogP contribution is -2.43. The van der Waals surface area contributed by atoms with Gasteiger partial charge in [-0.1, -0.05) is 30.3 Å². The Labute approximate surface area is 142 Å². The number of methoxy groups -OCH3 is 1. The van der Waals surface area contributed by atoms with Gasteiger partial charge < -0.3 is 15.0 Å². The summed E-state index contributed by atoms with van der Waals surface area (Å²) in [5.41, 5.74) is 1.54. The number of nitrogens with zero attached hydrogens (tertiary/aromatic N) is 1. The third-order valence-electron chi connectivity index (χ3n) is 3.62. The first-order valence-electron chi connectivity index (χ1n) is 7.81. The van der Waals surface area contributed by atoms with E-state index in [2.05, 4.69) is 5.32 Å². The average molecular weight is 326 g/mol. The number of ether oxygens (including phenoxy) is 1. The summed E-state index contributed by atoms with van der Waals surface area (Å²) in [6.45, 7) is 4.14. The van der Waals surface area contributed by atoms with Crippen LogP contribution in [-0.4, -0.2) is 29.9 Å². The molecule has 0 aliphatic carbocycles. The zero-order valence-electron chi connectivity index (χ0n) is 14.2. The molecule has 0 aromatic heterocycles. The lowest BCUT2D eigenvalue weighted by atomic mass is 10.1. The normalized spacial score (nSPS) is 10.3. The number of nitrogens with one attached hydrogen (secondary N) is 1. The zero-order chi connectivity index (χ0) is 17.5. The summed E-state index contributed by atoms with van der Waals surface area (Å²) < 4.78 is 5.13. The molecule has 0 heterocycles. The fraction of sp³-hybridized carbons (Fsp3) is 0.263. The van der Waals surface area contributed by atoms with Crippen LogP contribution in [0.15, 0.2) is 54.6 Å². The van der Waals surface area contributed by atoms with Gasteiger partial charge in [0.1, 0.15) is 5.75 Å². The van der Waals surface area contributed by atoms with E-state index in [4.69, 9.17) is 4.74 Å². The van der Waals surface area contributed by atoms with Crippen LogP contribution in [0.25, 0.3) is 0 Å². The third-order valence-corrected chi connectivity index (χ3v) is 3.62. The predicted octanol–water partition coefficient (Wildman–Crippen LogP) is 3.07. The SMILES string of the molecule is COc1ccc(CN(C(=O)C(=O)Nc2ccccc2)C(C)C)cc1. The molecule has 0 aliphatic rings. The molecule has 2 aromatic carbocycles. The summed E-state index contributed by atoms with van der Waals surface area (Å²) in [5.74, 6) is -0.434. The first kappa shape index (κ1) is 17.5. The number of anilines is 1. The van der Waals surface area contributed by atoms with Crippen LogP contribution in [0.2, 0.25) is 0 Å². The Morgan fingerprint density at radius 2 is 1.67 bits per heavy atom. The van der Waals surface area contributed by atoms with Gasteiger partial charge in [0.2, 0.25) is 0 Å². The molecule has 0 unspecified atom stereocenters. The number of amides is 2. The molecule has 0 bridgehead atoms. The topological polar surface area (TPSA) is 58.6 Å². The van der Waals surface area contributed by atoms with Crippen molar-refractivity contribution in [2.45, 2.75) is 26.4 Å². The van der Waals surface area contributed by atoms with Gasteiger partial charge in [-0.25, -0.2) is 0 Å². The van der Waals surface area contributed by atoms with Crippen LogP contribution in [0.4, 0.5) is 5.69 Å². The lowest BCUT2D eigenvalue weighted by Gasteiger charge is -2.26. The number of rotatable bonds is 5. The maximum absolute atomic E-state index is 12.5. The highest BCUT2D eigenvalue weighted by Gasteiger charge is 2.24. The maximum Gasteiger partial charge on any atom is 0.313 e. The molecular weight excluding hydrogens is 304 g/mol. The Morgan fingerprint density at radius 1 is 1.04 bits per heavy atom. The van der Waals surface area contributed by atoms with E-state index < -0.39 is 11.8 Å². The molecule has 0 spiro atoms. The molecule has 2 rings (SSSR count). The van der Waals surface area contributed by atoms with Crippen molar-refractivity contribution in [1.82, 2.24) is 4.90 Å². The van der Waals surface area contributed by atoms with Gasteiger partial charge in [0.15, 0.2) is 0 Å². The van der Waals surface area contributed by atoms with Gasteiger partial charge in [0.25, 0.3) is 0 Å². The van der Waals surface area contributed by atoms with Gasteiger partial charge in [0.05, 0.1) is 7.11 Å². The van der Waals surface area contributed by atoms with Crippen LogP contribution >= 0.6 is 0 Å². The molecule has 2 aromatic rings. The van der Waals surface area contributed by atoms with E-state index in [1.807, 2.05) is 44.2 Å². The van der Waals surface area contributed by atoms with Crippen LogP contribution in [0, 0.1) is 0 Å². The van der Waals surface area contributed by atoms with Crippen molar-refractivity contribution in [1.29, 1.82) is 0 Å². The standard InChI is InChI=1S/C19H22N2O3/c1-14(2)21(13-15-9-11-17(24-3)12-10-15)19(23)18(22)20-16-7-5-4-6-8-16/h4-12,14H,13H2,1-3H3,(H,20,22). The maximum atomic E-state index is 12.5. The van der Waals surface area contributed by atoms with E-state index in [9.17, 15) is 9.59 Å². The minimum atomic E-state index is -0.636. The minimum absolute atomic E-state index is 0.0962. The van der Waals surface area contributed by atoms with Crippen LogP contribution in [0.3, 0.4) is 0 Å². The van der Waals surface area contributed by atoms with Crippen molar-refractivity contribution < 1.29 is 14.3 Å². The number of para-hydroxylation sites is 1. The molecule has 0 fully saturated rings. The molecule has 1 N–H and O–H groups in total. The fourth-order valence-corrected chi connectivity index (χ4v) is 2.25. The van der Waals surface area contributed by atoms with Gasteiger partial charge in [-0.3, -0.25) is 9.59 Å². The third kappa shape index (κ3) is 4.59. The summed E-state index contributed by atoms with van der Waals surface area (Å²) in [5, 5.41) is 2.63. The Morgan fingerprint density at radius 3 is 2.21 bits per heavy atom. The first-order valence-corrected chi connectivity index (χ1v) is 7.81. The highest BCUT2D eigenvalue weighted by Crippen LogP contribution is 2.15. The predicted molar refractivity (Wildman–Crippen MR) is 93.8 cm³/mol. The van der Waals surface area contributed by atoms with Crippen LogP contribution < -0.4 is 10.1 Å². The second-order valence-corrected chi connectivity index (χ2v) is 5.70. The summed E-state index contributed by atoms with van der Waals surface area (Å²) in [6, 6.07) is 16.3. The molecular formula is C19H22N2O3. The van der Waals surface area contributed by atoms with E-state index in [0.717, 1.165) is 11.3 Å². The van der Waals surface area contributed by atoms with E-state index in [0.29, 0.717) is 12.2 Å². The first-order chi connectivity index (χ1) is 11.5. The zero-order valence-corrected chi connectivity index (χ0v) is 14.2. The fourth-order valence-electron chi connectivity index (χ4n) is 2.25. The quantitative estimate of drug-likeness (QED) is 0.859. The van der Waals surface area contributed by atoms with Gasteiger partial charge in [-0.05, 0) is 43.7 Å². The highest BCUT2D eigenvalue weighted by molar-refractivity contribution is 6.39. The van der Waals surface area contributed by atoms with Crippen LogP contribution in [-0.2, 0) is 16.1 Å². The van der Waals surface area contributed by atoms with Crippen molar-refractivity contribution in [3.05, 3.63) is 60.2 Å². The highest BCUT2D eigenvalue weighted by atomic mass is 16.5. The lowest BCUT2D eigenvalue weighted by molar-refractivity contribution is -0.144. The van der Waals surface area contributed by atoms with Gasteiger partial charge in [-0.15, -0.1) is 0 Å². The molecule has 0 aliphatic heterocycles. The molecule has 24 heavy (non-hydrogen) atoms. The van der Waals surface area contributed by atoms with E-state index in [1.54, 1.807) is 36.3 Å². The number of hydrogen-bond donors (Lipinski definition) is 1. The van der Waals surface area contributed by atoms with Crippen molar-refractivity contribution in [2.75, 3.05) is 12.4 Å². The van der Waals surface area contributed by atoms with Gasteiger partial charge in [0, 0.05) is 18.3 Å². The summed E-state index contributed by atoms with van der Waals surface area (Å²) in [7, 11) is 1.60. The average Bonchev–Trinajstić information content (AvgIpc) is 2.60. The van der Waals surface area contributed by atoms with Gasteiger partial charge >= 0.3 is 11.8 Å². The second kappa shape index (κ2) is 8.15. The summed E-state index contributed by atoms with van der Waals surface area (Å²) >= 11 is 0. The summed E-state index contributed by atoms with van der Waals surface area (Å²) in [6.07, 6.45) is 0. The van der Waals surface area contributed by atoms with Crippen molar-refractivity contribution in [2.24, 2.45) is 0 Å². The van der Waals surface area contributed by atoms with E-state index >= 15 is 0 Å². The molecule has 2 amide bonds. The number of hydrogen-bond acceptors (Lipinski definition) is 3. The molecule has 0 saturated heterocycles. The molecule has 0 saturated carbocycles. The monoisotopic (exact) mass is 326 g/mol. The molecule has 0 radical (unpaired) electrons. The van der Waals surface area contributed by atoms with Crippen molar-refractivity contribution >= 4 is 17.5 Å². The minimum Gasteiger partial charge on any atom is -0.497 e. The number of carbonyl (C=O) groups excluding carboxylic acids is 2. The molecule has 126 valence electrons. The summed E-state index contributed by atoms with van der Waals surface area (Å²) in [4.78, 5) is 26.3. The van der Waals surface area contributed by atoms with Crippen molar-refractivity contribution in [3.63, 3.8) is 0 Å². The number of carbonyl (C=O) groups is 2. The molecule has 5 heteroatoms. The second-order valence-electron chi connectivity index (χ2n) is 5.70. The Bertz CT molecular complexity index is 682. The van der Waals surface area contributed by atoms with Crippen LogP contribution in [0.1, 0.15) is 19.4 Å². The van der Waals surface area contributed by atoms with Crippen molar-refractivity contribution in [3.8, 4) is 5.75 Å². The Balaban J connectivity index is 2.08. The van der Waals surface area contributed by atoms with Crippen LogP contribution in [0.5, 0.6) is 5.75 Å². The number of benzene rings is 2. The van der Waals surface area contributed by atoms with E-state index in [1.165, 1.54) is 0 Å². The Kier molecular flexibility index (Phi) is 5.95. The largest absolute Gasteiger partial charge is 0.497 e. The molecule has 5 nitrogen and oxygen atoms in total. The smallest absolute Gasteiger partial charge is 0.313 e. The molecule has 0 atom stereocenters. The Hall–Kier alpha value is -2.82. The van der Waals surface area contributed by atoms with E-state index in [-0.39, 0.29) is 6.04 Å².